The molecule has 36 heavy (non-hydrogen) atoms. The van der Waals surface area contributed by atoms with E-state index < -0.39 is 5.54 Å². The Morgan fingerprint density at radius 2 is 1.86 bits per heavy atom. The standard InChI is InChI=1S/C28H35N3O5/c1-18-5-8-20(9-6-18)29-27(33)28(2)17-30-21-12-14-36-24(21)16-22(30)26(32)31(28)13-11-19-7-10-23(34-3)25(15-19)35-4/h7,10,12,14-16,18,20H,5-6,8-9,11,13,17H2,1-4H3,(H,29,33). The van der Waals surface area contributed by atoms with Crippen LogP contribution >= 0.6 is 0 Å². The van der Waals surface area contributed by atoms with E-state index in [1.54, 1.807) is 31.4 Å². The molecular formula is C28H35N3O5. The third-order valence-corrected chi connectivity index (χ3v) is 7.96. The fraction of sp³-hybridized carbons (Fsp3) is 0.500. The molecule has 1 aliphatic heterocycles. The quantitative estimate of drug-likeness (QED) is 0.527. The zero-order valence-corrected chi connectivity index (χ0v) is 21.5. The van der Waals surface area contributed by atoms with Gasteiger partial charge in [-0.25, -0.2) is 0 Å². The highest BCUT2D eigenvalue weighted by atomic mass is 16.5. The van der Waals surface area contributed by atoms with Crippen molar-refractivity contribution < 1.29 is 23.5 Å². The molecule has 0 spiro atoms. The molecule has 0 saturated heterocycles. The number of nitrogens with one attached hydrogen (secondary N) is 1. The summed E-state index contributed by atoms with van der Waals surface area (Å²) >= 11 is 0. The SMILES string of the molecule is COc1ccc(CCN2C(=O)c3cc4occc4n3CC2(C)C(=O)NC2CCC(C)CC2)cc1OC. The van der Waals surface area contributed by atoms with Gasteiger partial charge in [-0.2, -0.15) is 0 Å². The van der Waals surface area contributed by atoms with Crippen LogP contribution in [0.4, 0.5) is 0 Å². The lowest BCUT2D eigenvalue weighted by atomic mass is 9.86. The van der Waals surface area contributed by atoms with Gasteiger partial charge in [0, 0.05) is 24.7 Å². The molecule has 1 N–H and O–H groups in total. The van der Waals surface area contributed by atoms with Gasteiger partial charge in [0.05, 0.1) is 32.5 Å². The largest absolute Gasteiger partial charge is 0.493 e. The first kappa shape index (κ1) is 24.3. The van der Waals surface area contributed by atoms with Gasteiger partial charge in [-0.3, -0.25) is 9.59 Å². The Morgan fingerprint density at radius 3 is 2.58 bits per heavy atom. The summed E-state index contributed by atoms with van der Waals surface area (Å²) in [5, 5.41) is 3.29. The van der Waals surface area contributed by atoms with Crippen molar-refractivity contribution in [3.63, 3.8) is 0 Å². The van der Waals surface area contributed by atoms with Crippen LogP contribution in [0, 0.1) is 5.92 Å². The molecule has 2 aromatic heterocycles. The molecule has 1 aromatic carbocycles. The van der Waals surface area contributed by atoms with Gasteiger partial charge in [0.25, 0.3) is 5.91 Å². The van der Waals surface area contributed by atoms with Crippen molar-refractivity contribution in [3.05, 3.63) is 47.9 Å². The van der Waals surface area contributed by atoms with Gasteiger partial charge < -0.3 is 28.7 Å². The number of carbonyl (C=O) groups excluding carboxylic acids is 2. The Morgan fingerprint density at radius 1 is 1.11 bits per heavy atom. The lowest BCUT2D eigenvalue weighted by Gasteiger charge is -2.45. The topological polar surface area (TPSA) is 85.9 Å². The van der Waals surface area contributed by atoms with Crippen molar-refractivity contribution in [2.24, 2.45) is 5.92 Å². The van der Waals surface area contributed by atoms with Gasteiger partial charge in [0.15, 0.2) is 17.1 Å². The van der Waals surface area contributed by atoms with Crippen molar-refractivity contribution in [2.75, 3.05) is 20.8 Å². The van der Waals surface area contributed by atoms with E-state index in [-0.39, 0.29) is 17.9 Å². The third-order valence-electron chi connectivity index (χ3n) is 7.96. The molecule has 0 radical (unpaired) electrons. The number of furan rings is 1. The van der Waals surface area contributed by atoms with Gasteiger partial charge in [-0.15, -0.1) is 0 Å². The molecule has 2 amide bonds. The van der Waals surface area contributed by atoms with Crippen molar-refractivity contribution >= 4 is 22.9 Å². The summed E-state index contributed by atoms with van der Waals surface area (Å²) in [6.07, 6.45) is 6.37. The predicted molar refractivity (Wildman–Crippen MR) is 136 cm³/mol. The normalized spacial score (nSPS) is 24.0. The van der Waals surface area contributed by atoms with Gasteiger partial charge in [0.1, 0.15) is 11.2 Å². The number of aromatic nitrogens is 1. The fourth-order valence-electron chi connectivity index (χ4n) is 5.65. The highest BCUT2D eigenvalue weighted by Crippen LogP contribution is 2.34. The maximum absolute atomic E-state index is 13.8. The molecule has 192 valence electrons. The zero-order valence-electron chi connectivity index (χ0n) is 21.5. The molecule has 0 bridgehead atoms. The maximum atomic E-state index is 13.8. The monoisotopic (exact) mass is 493 g/mol. The Balaban J connectivity index is 1.44. The number of fused-ring (bicyclic) bond motifs is 3. The number of amides is 2. The van der Waals surface area contributed by atoms with E-state index in [2.05, 4.69) is 12.2 Å². The molecule has 1 saturated carbocycles. The molecule has 1 unspecified atom stereocenters. The molecule has 8 heteroatoms. The summed E-state index contributed by atoms with van der Waals surface area (Å²) in [7, 11) is 3.21. The number of rotatable bonds is 7. The second-order valence-corrected chi connectivity index (χ2v) is 10.4. The van der Waals surface area contributed by atoms with Crippen LogP contribution in [0.15, 0.2) is 41.0 Å². The number of benzene rings is 1. The van der Waals surface area contributed by atoms with Crippen molar-refractivity contribution in [2.45, 2.75) is 64.1 Å². The Hall–Kier alpha value is -3.42. The van der Waals surface area contributed by atoms with Crippen molar-refractivity contribution in [1.29, 1.82) is 0 Å². The number of nitrogens with zero attached hydrogens (tertiary/aromatic N) is 2. The highest BCUT2D eigenvalue weighted by molar-refractivity contribution is 6.02. The molecule has 8 nitrogen and oxygen atoms in total. The molecule has 1 fully saturated rings. The van der Waals surface area contributed by atoms with E-state index in [0.29, 0.717) is 48.2 Å². The second-order valence-electron chi connectivity index (χ2n) is 10.4. The van der Waals surface area contributed by atoms with Crippen LogP contribution < -0.4 is 14.8 Å². The highest BCUT2D eigenvalue weighted by Gasteiger charge is 2.48. The number of hydrogen-bond acceptors (Lipinski definition) is 5. The fourth-order valence-corrected chi connectivity index (χ4v) is 5.65. The number of ether oxygens (including phenoxy) is 2. The lowest BCUT2D eigenvalue weighted by Crippen LogP contribution is -2.65. The van der Waals surface area contributed by atoms with Crippen LogP contribution in [-0.4, -0.2) is 53.6 Å². The minimum atomic E-state index is -1.03. The van der Waals surface area contributed by atoms with Crippen LogP contribution in [0.5, 0.6) is 11.5 Å². The smallest absolute Gasteiger partial charge is 0.271 e. The summed E-state index contributed by atoms with van der Waals surface area (Å²) in [5.74, 6) is 1.73. The first-order chi connectivity index (χ1) is 17.3. The van der Waals surface area contributed by atoms with Crippen LogP contribution in [0.3, 0.4) is 0 Å². The average Bonchev–Trinajstić information content (AvgIpc) is 3.47. The minimum Gasteiger partial charge on any atom is -0.493 e. The zero-order chi connectivity index (χ0) is 25.4. The number of hydrogen-bond donors (Lipinski definition) is 1. The number of methoxy groups -OCH3 is 2. The van der Waals surface area contributed by atoms with Crippen LogP contribution in [0.2, 0.25) is 0 Å². The molecule has 3 aromatic rings. The van der Waals surface area contributed by atoms with Gasteiger partial charge in [-0.1, -0.05) is 13.0 Å². The first-order valence-corrected chi connectivity index (χ1v) is 12.7. The second kappa shape index (κ2) is 9.56. The third kappa shape index (κ3) is 4.22. The molecule has 5 rings (SSSR count). The van der Waals surface area contributed by atoms with E-state index in [0.717, 1.165) is 36.8 Å². The Bertz CT molecular complexity index is 1270. The van der Waals surface area contributed by atoms with Crippen LogP contribution in [0.25, 0.3) is 11.1 Å². The molecule has 2 aliphatic rings. The molecule has 3 heterocycles. The van der Waals surface area contributed by atoms with E-state index in [1.165, 1.54) is 0 Å². The van der Waals surface area contributed by atoms with Crippen LogP contribution in [0.1, 0.15) is 55.6 Å². The summed E-state index contributed by atoms with van der Waals surface area (Å²) < 4.78 is 18.3. The van der Waals surface area contributed by atoms with Crippen LogP contribution in [-0.2, 0) is 17.8 Å². The van der Waals surface area contributed by atoms with Gasteiger partial charge >= 0.3 is 0 Å². The first-order valence-electron chi connectivity index (χ1n) is 12.7. The van der Waals surface area contributed by atoms with Gasteiger partial charge in [0.2, 0.25) is 5.91 Å². The van der Waals surface area contributed by atoms with E-state index >= 15 is 0 Å². The summed E-state index contributed by atoms with van der Waals surface area (Å²) in [6, 6.07) is 9.53. The predicted octanol–water partition coefficient (Wildman–Crippen LogP) is 4.40. The summed E-state index contributed by atoms with van der Waals surface area (Å²) in [4.78, 5) is 29.4. The van der Waals surface area contributed by atoms with E-state index in [4.69, 9.17) is 13.9 Å². The molecule has 1 atom stereocenters. The van der Waals surface area contributed by atoms with Gasteiger partial charge in [-0.05, 0) is 62.6 Å². The van der Waals surface area contributed by atoms with E-state index in [1.807, 2.05) is 35.8 Å². The van der Waals surface area contributed by atoms with E-state index in [9.17, 15) is 9.59 Å². The van der Waals surface area contributed by atoms with Crippen molar-refractivity contribution in [3.8, 4) is 11.5 Å². The van der Waals surface area contributed by atoms with Crippen molar-refractivity contribution in [1.82, 2.24) is 14.8 Å². The average molecular weight is 494 g/mol. The Labute approximate surface area is 211 Å². The summed E-state index contributed by atoms with van der Waals surface area (Å²) in [5.41, 5.74) is 2.01. The Kier molecular flexibility index (Phi) is 6.45. The number of carbonyl (C=O) groups is 2. The molecular weight excluding hydrogens is 458 g/mol. The summed E-state index contributed by atoms with van der Waals surface area (Å²) in [6.45, 7) is 4.92. The minimum absolute atomic E-state index is 0.0984. The lowest BCUT2D eigenvalue weighted by molar-refractivity contribution is -0.133. The molecule has 1 aliphatic carbocycles. The maximum Gasteiger partial charge on any atom is 0.271 e.